The van der Waals surface area contributed by atoms with E-state index in [4.69, 9.17) is 9.84 Å². The summed E-state index contributed by atoms with van der Waals surface area (Å²) in [7, 11) is 0. The van der Waals surface area contributed by atoms with Crippen LogP contribution in [0.2, 0.25) is 0 Å². The standard InChI is InChI=1S/C11H21NO3/c1-5-15-11(14)8(2)7-12-9(3)6-10(4)13/h9-10,12-13H,2,5-7H2,1,3-4H3. The second kappa shape index (κ2) is 7.43. The number of nitrogens with one attached hydrogen (secondary N) is 1. The Bertz CT molecular complexity index is 214. The number of carbonyl (C=O) groups is 1. The van der Waals surface area contributed by atoms with Crippen molar-refractivity contribution in [1.82, 2.24) is 5.32 Å². The van der Waals surface area contributed by atoms with Crippen LogP contribution < -0.4 is 5.32 Å². The van der Waals surface area contributed by atoms with Gasteiger partial charge in [0, 0.05) is 18.2 Å². The lowest BCUT2D eigenvalue weighted by atomic mass is 10.1. The van der Waals surface area contributed by atoms with Crippen molar-refractivity contribution >= 4 is 5.97 Å². The van der Waals surface area contributed by atoms with Crippen LogP contribution in [0.3, 0.4) is 0 Å². The Morgan fingerprint density at radius 2 is 2.13 bits per heavy atom. The maximum Gasteiger partial charge on any atom is 0.334 e. The minimum atomic E-state index is -0.366. The summed E-state index contributed by atoms with van der Waals surface area (Å²) in [6.45, 7) is 9.83. The van der Waals surface area contributed by atoms with E-state index in [9.17, 15) is 4.79 Å². The first-order chi connectivity index (χ1) is 6.97. The van der Waals surface area contributed by atoms with Gasteiger partial charge in [-0.05, 0) is 27.2 Å². The molecular weight excluding hydrogens is 194 g/mol. The van der Waals surface area contributed by atoms with Gasteiger partial charge in [0.1, 0.15) is 0 Å². The predicted octanol–water partition coefficient (Wildman–Crippen LogP) is 0.855. The molecule has 0 heterocycles. The summed E-state index contributed by atoms with van der Waals surface area (Å²) >= 11 is 0. The summed E-state index contributed by atoms with van der Waals surface area (Å²) in [5.74, 6) is -0.366. The van der Waals surface area contributed by atoms with Crippen LogP contribution >= 0.6 is 0 Å². The highest BCUT2D eigenvalue weighted by Gasteiger charge is 2.10. The molecule has 2 N–H and O–H groups in total. The fourth-order valence-electron chi connectivity index (χ4n) is 1.20. The minimum Gasteiger partial charge on any atom is -0.463 e. The van der Waals surface area contributed by atoms with Gasteiger partial charge in [0.15, 0.2) is 0 Å². The number of rotatable bonds is 7. The highest BCUT2D eigenvalue weighted by Crippen LogP contribution is 1.99. The molecule has 0 aromatic rings. The molecule has 0 amide bonds. The Labute approximate surface area is 91.3 Å². The summed E-state index contributed by atoms with van der Waals surface area (Å²) in [6.07, 6.45) is 0.305. The van der Waals surface area contributed by atoms with E-state index < -0.39 is 0 Å². The first-order valence-corrected chi connectivity index (χ1v) is 5.23. The molecule has 0 aromatic carbocycles. The van der Waals surface area contributed by atoms with Gasteiger partial charge in [0.2, 0.25) is 0 Å². The Balaban J connectivity index is 3.75. The molecule has 0 spiro atoms. The van der Waals surface area contributed by atoms with E-state index in [0.717, 1.165) is 0 Å². The van der Waals surface area contributed by atoms with Gasteiger partial charge in [-0.15, -0.1) is 0 Å². The van der Waals surface area contributed by atoms with Gasteiger partial charge in [-0.25, -0.2) is 4.79 Å². The van der Waals surface area contributed by atoms with Crippen LogP contribution in [0.1, 0.15) is 27.2 Å². The lowest BCUT2D eigenvalue weighted by Crippen LogP contribution is -2.32. The molecule has 0 saturated heterocycles. The number of hydrogen-bond donors (Lipinski definition) is 2. The second-order valence-corrected chi connectivity index (χ2v) is 3.69. The van der Waals surface area contributed by atoms with Crippen molar-refractivity contribution < 1.29 is 14.6 Å². The smallest absolute Gasteiger partial charge is 0.334 e. The largest absolute Gasteiger partial charge is 0.463 e. The summed E-state index contributed by atoms with van der Waals surface area (Å²) in [5, 5.41) is 12.2. The fraction of sp³-hybridized carbons (Fsp3) is 0.727. The van der Waals surface area contributed by atoms with E-state index >= 15 is 0 Å². The van der Waals surface area contributed by atoms with E-state index in [1.807, 2.05) is 6.92 Å². The van der Waals surface area contributed by atoms with Crippen molar-refractivity contribution in [3.05, 3.63) is 12.2 Å². The Morgan fingerprint density at radius 3 is 2.60 bits per heavy atom. The fourth-order valence-corrected chi connectivity index (χ4v) is 1.20. The SMILES string of the molecule is C=C(CNC(C)CC(C)O)C(=O)OCC. The van der Waals surface area contributed by atoms with Gasteiger partial charge in [0.25, 0.3) is 0 Å². The van der Waals surface area contributed by atoms with Crippen molar-refractivity contribution in [2.75, 3.05) is 13.2 Å². The first kappa shape index (κ1) is 14.1. The highest BCUT2D eigenvalue weighted by molar-refractivity contribution is 5.88. The predicted molar refractivity (Wildman–Crippen MR) is 59.5 cm³/mol. The van der Waals surface area contributed by atoms with Crippen molar-refractivity contribution in [3.63, 3.8) is 0 Å². The third-order valence-corrected chi connectivity index (χ3v) is 1.92. The molecule has 0 aromatic heterocycles. The molecule has 0 fully saturated rings. The highest BCUT2D eigenvalue weighted by atomic mass is 16.5. The maximum absolute atomic E-state index is 11.2. The number of hydrogen-bond acceptors (Lipinski definition) is 4. The lowest BCUT2D eigenvalue weighted by molar-refractivity contribution is -0.138. The van der Waals surface area contributed by atoms with Gasteiger partial charge in [-0.3, -0.25) is 0 Å². The van der Waals surface area contributed by atoms with Crippen LogP contribution in [0.25, 0.3) is 0 Å². The van der Waals surface area contributed by atoms with Crippen molar-refractivity contribution in [1.29, 1.82) is 0 Å². The van der Waals surface area contributed by atoms with Gasteiger partial charge in [0.05, 0.1) is 12.7 Å². The lowest BCUT2D eigenvalue weighted by Gasteiger charge is -2.15. The first-order valence-electron chi connectivity index (χ1n) is 5.23. The topological polar surface area (TPSA) is 58.6 Å². The summed E-state index contributed by atoms with van der Waals surface area (Å²) < 4.78 is 4.79. The Hall–Kier alpha value is -0.870. The molecule has 0 aliphatic rings. The quantitative estimate of drug-likeness (QED) is 0.488. The second-order valence-electron chi connectivity index (χ2n) is 3.69. The maximum atomic E-state index is 11.2. The van der Waals surface area contributed by atoms with Crippen LogP contribution in [-0.4, -0.2) is 36.4 Å². The minimum absolute atomic E-state index is 0.149. The van der Waals surface area contributed by atoms with Crippen LogP contribution in [0.15, 0.2) is 12.2 Å². The molecule has 2 atom stereocenters. The van der Waals surface area contributed by atoms with Gasteiger partial charge in [-0.2, -0.15) is 0 Å². The number of aliphatic hydroxyl groups is 1. The molecule has 0 saturated carbocycles. The van der Waals surface area contributed by atoms with Crippen LogP contribution in [0.4, 0.5) is 0 Å². The Morgan fingerprint density at radius 1 is 1.53 bits per heavy atom. The number of carbonyl (C=O) groups excluding carboxylic acids is 1. The number of aliphatic hydroxyl groups excluding tert-OH is 1. The summed E-state index contributed by atoms with van der Waals surface area (Å²) in [4.78, 5) is 11.2. The van der Waals surface area contributed by atoms with Crippen LogP contribution in [0.5, 0.6) is 0 Å². The van der Waals surface area contributed by atoms with E-state index in [1.165, 1.54) is 0 Å². The van der Waals surface area contributed by atoms with Crippen molar-refractivity contribution in [2.24, 2.45) is 0 Å². The molecule has 0 aliphatic heterocycles. The Kier molecular flexibility index (Phi) is 6.99. The van der Waals surface area contributed by atoms with Gasteiger partial charge >= 0.3 is 5.97 Å². The molecule has 0 radical (unpaired) electrons. The number of esters is 1. The van der Waals surface area contributed by atoms with E-state index in [2.05, 4.69) is 11.9 Å². The molecule has 4 nitrogen and oxygen atoms in total. The monoisotopic (exact) mass is 215 g/mol. The average molecular weight is 215 g/mol. The molecule has 2 unspecified atom stereocenters. The molecule has 0 rings (SSSR count). The third-order valence-electron chi connectivity index (χ3n) is 1.92. The van der Waals surface area contributed by atoms with Crippen LogP contribution in [-0.2, 0) is 9.53 Å². The molecule has 88 valence electrons. The summed E-state index contributed by atoms with van der Waals surface area (Å²) in [5.41, 5.74) is 0.411. The summed E-state index contributed by atoms with van der Waals surface area (Å²) in [6, 6.07) is 0.149. The van der Waals surface area contributed by atoms with E-state index in [-0.39, 0.29) is 18.1 Å². The zero-order chi connectivity index (χ0) is 11.8. The van der Waals surface area contributed by atoms with E-state index in [0.29, 0.717) is 25.1 Å². The molecule has 15 heavy (non-hydrogen) atoms. The normalized spacial score (nSPS) is 14.4. The molecule has 0 bridgehead atoms. The molecule has 4 heteroatoms. The molecule has 0 aliphatic carbocycles. The average Bonchev–Trinajstić information content (AvgIpc) is 2.13. The van der Waals surface area contributed by atoms with Crippen LogP contribution in [0, 0.1) is 0 Å². The van der Waals surface area contributed by atoms with Gasteiger partial charge in [-0.1, -0.05) is 6.58 Å². The number of ether oxygens (including phenoxy) is 1. The van der Waals surface area contributed by atoms with Crippen molar-refractivity contribution in [3.8, 4) is 0 Å². The zero-order valence-corrected chi connectivity index (χ0v) is 9.75. The zero-order valence-electron chi connectivity index (χ0n) is 9.75. The molecular formula is C11H21NO3. The van der Waals surface area contributed by atoms with Crippen molar-refractivity contribution in [2.45, 2.75) is 39.3 Å². The third kappa shape index (κ3) is 7.11. The van der Waals surface area contributed by atoms with E-state index in [1.54, 1.807) is 13.8 Å². The van der Waals surface area contributed by atoms with Gasteiger partial charge < -0.3 is 15.2 Å².